The Labute approximate surface area is 205 Å². The largest absolute Gasteiger partial charge is 0.494 e. The maximum atomic E-state index is 13.4. The molecule has 8 heteroatoms. The van der Waals surface area contributed by atoms with Gasteiger partial charge in [-0.3, -0.25) is 14.2 Å². The number of ether oxygens (including phenoxy) is 1. The van der Waals surface area contributed by atoms with Gasteiger partial charge in [-0.1, -0.05) is 12.5 Å². The van der Waals surface area contributed by atoms with E-state index in [1.165, 1.54) is 30.2 Å². The van der Waals surface area contributed by atoms with Crippen molar-refractivity contribution in [3.63, 3.8) is 0 Å². The topological polar surface area (TPSA) is 85.2 Å². The lowest BCUT2D eigenvalue weighted by molar-refractivity contribution is 0.0951. The molecule has 2 aromatic carbocycles. The molecule has 0 bridgehead atoms. The average Bonchev–Trinajstić information content (AvgIpc) is 3.65. The SMILES string of the molecule is Cc1ccc(C(=O)NC2CC2)cc1-n1cnc2ccc(OCCC3CCCCN3)cc2c1=O.Cl. The van der Waals surface area contributed by atoms with E-state index >= 15 is 0 Å². The molecule has 0 radical (unpaired) electrons. The number of piperidine rings is 1. The van der Waals surface area contributed by atoms with Gasteiger partial charge in [0, 0.05) is 17.6 Å². The van der Waals surface area contributed by atoms with Crippen LogP contribution in [0.25, 0.3) is 16.6 Å². The molecule has 1 amide bonds. The summed E-state index contributed by atoms with van der Waals surface area (Å²) in [5, 5.41) is 7.03. The number of fused-ring (bicyclic) bond motifs is 1. The number of aryl methyl sites for hydroxylation is 1. The fourth-order valence-corrected chi connectivity index (χ4v) is 4.36. The Morgan fingerprint density at radius 2 is 2.03 bits per heavy atom. The van der Waals surface area contributed by atoms with E-state index in [9.17, 15) is 9.59 Å². The predicted octanol–water partition coefficient (Wildman–Crippen LogP) is 3.92. The normalized spacial score (nSPS) is 17.7. The zero-order chi connectivity index (χ0) is 22.8. The van der Waals surface area contributed by atoms with Crippen LogP contribution < -0.4 is 20.9 Å². The van der Waals surface area contributed by atoms with Gasteiger partial charge >= 0.3 is 0 Å². The molecule has 2 fully saturated rings. The van der Waals surface area contributed by atoms with E-state index < -0.39 is 0 Å². The molecule has 2 N–H and O–H groups in total. The molecule has 3 aromatic rings. The number of benzene rings is 2. The highest BCUT2D eigenvalue weighted by Crippen LogP contribution is 2.22. The molecule has 2 heterocycles. The lowest BCUT2D eigenvalue weighted by Gasteiger charge is -2.23. The zero-order valence-electron chi connectivity index (χ0n) is 19.4. The summed E-state index contributed by atoms with van der Waals surface area (Å²) in [6.07, 6.45) is 8.23. The Hall–Kier alpha value is -2.90. The van der Waals surface area contributed by atoms with Gasteiger partial charge in [0.15, 0.2) is 0 Å². The lowest BCUT2D eigenvalue weighted by atomic mass is 10.0. The fourth-order valence-electron chi connectivity index (χ4n) is 4.36. The third-order valence-electron chi connectivity index (χ3n) is 6.52. The quantitative estimate of drug-likeness (QED) is 0.533. The molecule has 1 aromatic heterocycles. The van der Waals surface area contributed by atoms with Gasteiger partial charge < -0.3 is 15.4 Å². The van der Waals surface area contributed by atoms with E-state index in [1.54, 1.807) is 18.2 Å². The maximum absolute atomic E-state index is 13.4. The molecular formula is C26H31ClN4O3. The molecule has 1 unspecified atom stereocenters. The Bertz CT molecular complexity index is 1230. The predicted molar refractivity (Wildman–Crippen MR) is 136 cm³/mol. The highest BCUT2D eigenvalue weighted by atomic mass is 35.5. The molecule has 1 saturated heterocycles. The second kappa shape index (κ2) is 10.6. The summed E-state index contributed by atoms with van der Waals surface area (Å²) in [5.41, 5.74) is 2.55. The fraction of sp³-hybridized carbons (Fsp3) is 0.423. The van der Waals surface area contributed by atoms with Gasteiger partial charge in [-0.15, -0.1) is 12.4 Å². The minimum atomic E-state index is -0.178. The summed E-state index contributed by atoms with van der Waals surface area (Å²) in [5.74, 6) is 0.563. The minimum Gasteiger partial charge on any atom is -0.494 e. The van der Waals surface area contributed by atoms with Crippen LogP contribution in [-0.2, 0) is 0 Å². The standard InChI is InChI=1S/C26H30N4O3.ClH/c1-17-5-6-18(25(31)29-20-7-8-20)14-24(17)30-16-28-23-10-9-21(15-22(23)26(30)32)33-13-11-19-4-2-3-12-27-19;/h5-6,9-10,14-16,19-20,27H,2-4,7-8,11-13H2,1H3,(H,29,31);1H. The van der Waals surface area contributed by atoms with E-state index in [4.69, 9.17) is 4.74 Å². The van der Waals surface area contributed by atoms with Gasteiger partial charge in [0.05, 0.1) is 23.2 Å². The van der Waals surface area contributed by atoms with Crippen LogP contribution in [0.5, 0.6) is 5.75 Å². The Morgan fingerprint density at radius 3 is 2.79 bits per heavy atom. The molecule has 180 valence electrons. The summed E-state index contributed by atoms with van der Waals surface area (Å²) in [4.78, 5) is 30.4. The molecule has 0 spiro atoms. The maximum Gasteiger partial charge on any atom is 0.265 e. The highest BCUT2D eigenvalue weighted by Gasteiger charge is 2.24. The summed E-state index contributed by atoms with van der Waals surface area (Å²) < 4.78 is 7.48. The minimum absolute atomic E-state index is 0. The molecule has 5 rings (SSSR count). The van der Waals surface area contributed by atoms with Crippen molar-refractivity contribution in [2.45, 2.75) is 57.5 Å². The summed E-state index contributed by atoms with van der Waals surface area (Å²) in [7, 11) is 0. The number of halogens is 1. The zero-order valence-corrected chi connectivity index (χ0v) is 20.2. The van der Waals surface area contributed by atoms with Crippen molar-refractivity contribution in [3.05, 3.63) is 64.2 Å². The number of hydrogen-bond acceptors (Lipinski definition) is 5. The van der Waals surface area contributed by atoms with Crippen LogP contribution >= 0.6 is 12.4 Å². The summed E-state index contributed by atoms with van der Waals surface area (Å²) in [6, 6.07) is 11.7. The molecule has 1 atom stereocenters. The molecule has 2 aliphatic rings. The first-order chi connectivity index (χ1) is 16.1. The average molecular weight is 483 g/mol. The van der Waals surface area contributed by atoms with Gasteiger partial charge in [0.2, 0.25) is 0 Å². The first kappa shape index (κ1) is 24.2. The number of nitrogens with one attached hydrogen (secondary N) is 2. The van der Waals surface area contributed by atoms with Gasteiger partial charge in [0.25, 0.3) is 11.5 Å². The molecule has 7 nitrogen and oxygen atoms in total. The van der Waals surface area contributed by atoms with Crippen LogP contribution in [0.4, 0.5) is 0 Å². The third kappa shape index (κ3) is 5.42. The number of rotatable bonds is 7. The van der Waals surface area contributed by atoms with Crippen molar-refractivity contribution in [3.8, 4) is 11.4 Å². The Balaban J connectivity index is 0.00000274. The Morgan fingerprint density at radius 1 is 1.18 bits per heavy atom. The monoisotopic (exact) mass is 482 g/mol. The number of hydrogen-bond donors (Lipinski definition) is 2. The molecule has 1 aliphatic carbocycles. The van der Waals surface area contributed by atoms with Crippen molar-refractivity contribution in [1.82, 2.24) is 20.2 Å². The number of carbonyl (C=O) groups is 1. The number of carbonyl (C=O) groups excluding carboxylic acids is 1. The van der Waals surface area contributed by atoms with Crippen LogP contribution in [0.15, 0.2) is 47.5 Å². The first-order valence-electron chi connectivity index (χ1n) is 11.9. The van der Waals surface area contributed by atoms with E-state index in [1.807, 2.05) is 25.1 Å². The number of aromatic nitrogens is 2. The van der Waals surface area contributed by atoms with Crippen molar-refractivity contribution < 1.29 is 9.53 Å². The molecule has 1 aliphatic heterocycles. The molecular weight excluding hydrogens is 452 g/mol. The van der Waals surface area contributed by atoms with Crippen LogP contribution in [0.3, 0.4) is 0 Å². The van der Waals surface area contributed by atoms with Crippen LogP contribution in [0.1, 0.15) is 54.4 Å². The highest BCUT2D eigenvalue weighted by molar-refractivity contribution is 5.95. The molecule has 1 saturated carbocycles. The van der Waals surface area contributed by atoms with E-state index in [0.717, 1.165) is 31.4 Å². The lowest BCUT2D eigenvalue weighted by Crippen LogP contribution is -2.35. The second-order valence-corrected chi connectivity index (χ2v) is 9.13. The van der Waals surface area contributed by atoms with Gasteiger partial charge in [0.1, 0.15) is 12.1 Å². The number of nitrogens with zero attached hydrogens (tertiary/aromatic N) is 2. The summed E-state index contributed by atoms with van der Waals surface area (Å²) >= 11 is 0. The molecule has 34 heavy (non-hydrogen) atoms. The van der Waals surface area contributed by atoms with Crippen LogP contribution in [0.2, 0.25) is 0 Å². The van der Waals surface area contributed by atoms with E-state index in [0.29, 0.717) is 40.6 Å². The van der Waals surface area contributed by atoms with Gasteiger partial charge in [-0.25, -0.2) is 4.98 Å². The van der Waals surface area contributed by atoms with Gasteiger partial charge in [-0.2, -0.15) is 0 Å². The summed E-state index contributed by atoms with van der Waals surface area (Å²) in [6.45, 7) is 3.61. The van der Waals surface area contributed by atoms with Gasteiger partial charge in [-0.05, 0) is 81.5 Å². The van der Waals surface area contributed by atoms with E-state index in [2.05, 4.69) is 15.6 Å². The number of amides is 1. The van der Waals surface area contributed by atoms with Crippen LogP contribution in [-0.4, -0.2) is 40.7 Å². The van der Waals surface area contributed by atoms with Crippen molar-refractivity contribution in [1.29, 1.82) is 0 Å². The van der Waals surface area contributed by atoms with Crippen LogP contribution in [0, 0.1) is 6.92 Å². The van der Waals surface area contributed by atoms with Crippen molar-refractivity contribution in [2.75, 3.05) is 13.2 Å². The Kier molecular flexibility index (Phi) is 7.54. The van der Waals surface area contributed by atoms with Crippen molar-refractivity contribution >= 4 is 29.2 Å². The van der Waals surface area contributed by atoms with Crippen molar-refractivity contribution in [2.24, 2.45) is 0 Å². The third-order valence-corrected chi connectivity index (χ3v) is 6.52. The van der Waals surface area contributed by atoms with E-state index in [-0.39, 0.29) is 29.9 Å². The first-order valence-corrected chi connectivity index (χ1v) is 11.9. The second-order valence-electron chi connectivity index (χ2n) is 9.13. The smallest absolute Gasteiger partial charge is 0.265 e.